The van der Waals surface area contributed by atoms with Crippen LogP contribution in [0.3, 0.4) is 0 Å². The van der Waals surface area contributed by atoms with Crippen LogP contribution in [0.15, 0.2) is 24.3 Å². The van der Waals surface area contributed by atoms with E-state index in [9.17, 15) is 4.79 Å². The molecular formula is C14H18O2. The molecule has 0 bridgehead atoms. The minimum absolute atomic E-state index is 0.415. The Hall–Kier alpha value is -1.31. The van der Waals surface area contributed by atoms with Crippen LogP contribution in [0.1, 0.15) is 31.2 Å². The summed E-state index contributed by atoms with van der Waals surface area (Å²) >= 11 is 0. The number of benzene rings is 1. The van der Waals surface area contributed by atoms with E-state index in [1.54, 1.807) is 7.11 Å². The standard InChI is InChI=1S/C14H18O2/c1-16-14-8-5-11(6-9-14)4-7-13(15)10-12-2-3-12/h5-6,8-9,12H,2-4,7,10H2,1H3. The van der Waals surface area contributed by atoms with Crippen LogP contribution < -0.4 is 4.74 Å². The van der Waals surface area contributed by atoms with Crippen LogP contribution >= 0.6 is 0 Å². The van der Waals surface area contributed by atoms with E-state index in [1.807, 2.05) is 24.3 Å². The molecule has 1 saturated carbocycles. The first-order valence-corrected chi connectivity index (χ1v) is 5.92. The Morgan fingerprint density at radius 3 is 2.56 bits per heavy atom. The third-order valence-corrected chi connectivity index (χ3v) is 3.06. The minimum Gasteiger partial charge on any atom is -0.497 e. The molecule has 1 fully saturated rings. The van der Waals surface area contributed by atoms with E-state index in [-0.39, 0.29) is 0 Å². The molecule has 1 aromatic rings. The first-order valence-electron chi connectivity index (χ1n) is 5.92. The zero-order valence-corrected chi connectivity index (χ0v) is 9.74. The van der Waals surface area contributed by atoms with Crippen molar-refractivity contribution in [2.45, 2.75) is 32.1 Å². The Labute approximate surface area is 96.6 Å². The minimum atomic E-state index is 0.415. The molecule has 86 valence electrons. The van der Waals surface area contributed by atoms with Crippen LogP contribution in [0.4, 0.5) is 0 Å². The number of hydrogen-bond acceptors (Lipinski definition) is 2. The maximum Gasteiger partial charge on any atom is 0.133 e. The van der Waals surface area contributed by atoms with Gasteiger partial charge in [-0.05, 0) is 42.9 Å². The van der Waals surface area contributed by atoms with Crippen molar-refractivity contribution in [2.24, 2.45) is 5.92 Å². The molecule has 2 nitrogen and oxygen atoms in total. The number of aryl methyl sites for hydroxylation is 1. The molecular weight excluding hydrogens is 200 g/mol. The van der Waals surface area contributed by atoms with Crippen LogP contribution in [0.2, 0.25) is 0 Å². The summed E-state index contributed by atoms with van der Waals surface area (Å²) in [5.74, 6) is 2.00. The van der Waals surface area contributed by atoms with Gasteiger partial charge in [-0.3, -0.25) is 4.79 Å². The lowest BCUT2D eigenvalue weighted by molar-refractivity contribution is -0.119. The molecule has 1 aromatic carbocycles. The van der Waals surface area contributed by atoms with Gasteiger partial charge in [0.25, 0.3) is 0 Å². The summed E-state index contributed by atoms with van der Waals surface area (Å²) < 4.78 is 5.09. The average Bonchev–Trinajstić information content (AvgIpc) is 3.11. The number of Topliss-reactive ketones (excluding diaryl/α,β-unsaturated/α-hetero) is 1. The van der Waals surface area contributed by atoms with Crippen LogP contribution in [0.5, 0.6) is 5.75 Å². The molecule has 0 radical (unpaired) electrons. The number of ketones is 1. The van der Waals surface area contributed by atoms with Crippen molar-refractivity contribution in [3.8, 4) is 5.75 Å². The van der Waals surface area contributed by atoms with Crippen LogP contribution in [-0.2, 0) is 11.2 Å². The van der Waals surface area contributed by atoms with Crippen molar-refractivity contribution in [2.75, 3.05) is 7.11 Å². The van der Waals surface area contributed by atoms with Gasteiger partial charge in [-0.25, -0.2) is 0 Å². The van der Waals surface area contributed by atoms with Gasteiger partial charge in [0.05, 0.1) is 7.11 Å². The van der Waals surface area contributed by atoms with Crippen molar-refractivity contribution in [3.63, 3.8) is 0 Å². The van der Waals surface area contributed by atoms with E-state index >= 15 is 0 Å². The highest BCUT2D eigenvalue weighted by atomic mass is 16.5. The van der Waals surface area contributed by atoms with E-state index in [4.69, 9.17) is 4.74 Å². The molecule has 0 N–H and O–H groups in total. The zero-order valence-electron chi connectivity index (χ0n) is 9.74. The quantitative estimate of drug-likeness (QED) is 0.733. The Morgan fingerprint density at radius 2 is 2.00 bits per heavy atom. The van der Waals surface area contributed by atoms with Gasteiger partial charge in [-0.15, -0.1) is 0 Å². The summed E-state index contributed by atoms with van der Waals surface area (Å²) in [6.45, 7) is 0. The molecule has 1 aliphatic carbocycles. The largest absolute Gasteiger partial charge is 0.497 e. The van der Waals surface area contributed by atoms with E-state index in [0.29, 0.717) is 18.1 Å². The first-order chi connectivity index (χ1) is 7.78. The molecule has 2 heteroatoms. The number of carbonyl (C=O) groups excluding carboxylic acids is 1. The Kier molecular flexibility index (Phi) is 3.60. The Balaban J connectivity index is 1.76. The highest BCUT2D eigenvalue weighted by molar-refractivity contribution is 5.79. The Morgan fingerprint density at radius 1 is 1.31 bits per heavy atom. The number of ether oxygens (including phenoxy) is 1. The predicted octanol–water partition coefficient (Wildman–Crippen LogP) is 3.00. The number of methoxy groups -OCH3 is 1. The number of carbonyl (C=O) groups is 1. The van der Waals surface area contributed by atoms with E-state index in [1.165, 1.54) is 18.4 Å². The molecule has 0 amide bonds. The summed E-state index contributed by atoms with van der Waals surface area (Å²) in [7, 11) is 1.66. The molecule has 16 heavy (non-hydrogen) atoms. The van der Waals surface area contributed by atoms with Gasteiger partial charge in [0.15, 0.2) is 0 Å². The van der Waals surface area contributed by atoms with Gasteiger partial charge in [0, 0.05) is 12.8 Å². The summed E-state index contributed by atoms with van der Waals surface area (Å²) in [6.07, 6.45) is 4.86. The maximum absolute atomic E-state index is 11.6. The van der Waals surface area contributed by atoms with Crippen molar-refractivity contribution >= 4 is 5.78 Å². The Bertz CT molecular complexity index is 350. The predicted molar refractivity (Wildman–Crippen MR) is 63.7 cm³/mol. The second-order valence-electron chi connectivity index (χ2n) is 4.53. The summed E-state index contributed by atoms with van der Waals surface area (Å²) in [5, 5.41) is 0. The van der Waals surface area contributed by atoms with Gasteiger partial charge in [-0.2, -0.15) is 0 Å². The van der Waals surface area contributed by atoms with Gasteiger partial charge < -0.3 is 4.74 Å². The van der Waals surface area contributed by atoms with Crippen LogP contribution in [0, 0.1) is 5.92 Å². The smallest absolute Gasteiger partial charge is 0.133 e. The SMILES string of the molecule is COc1ccc(CCC(=O)CC2CC2)cc1. The lowest BCUT2D eigenvalue weighted by Gasteiger charge is -2.03. The summed E-state index contributed by atoms with van der Waals surface area (Å²) in [4.78, 5) is 11.6. The highest BCUT2D eigenvalue weighted by Gasteiger charge is 2.23. The third-order valence-electron chi connectivity index (χ3n) is 3.06. The summed E-state index contributed by atoms with van der Waals surface area (Å²) in [5.41, 5.74) is 1.21. The monoisotopic (exact) mass is 218 g/mol. The molecule has 1 aliphatic rings. The van der Waals surface area contributed by atoms with Gasteiger partial charge in [0.1, 0.15) is 11.5 Å². The molecule has 0 heterocycles. The van der Waals surface area contributed by atoms with Gasteiger partial charge in [0.2, 0.25) is 0 Å². The molecule has 0 spiro atoms. The van der Waals surface area contributed by atoms with E-state index < -0.39 is 0 Å². The van der Waals surface area contributed by atoms with Crippen LogP contribution in [-0.4, -0.2) is 12.9 Å². The molecule has 0 aromatic heterocycles. The second-order valence-corrected chi connectivity index (χ2v) is 4.53. The van der Waals surface area contributed by atoms with Crippen molar-refractivity contribution in [1.82, 2.24) is 0 Å². The van der Waals surface area contributed by atoms with E-state index in [0.717, 1.165) is 18.6 Å². The lowest BCUT2D eigenvalue weighted by Crippen LogP contribution is -2.01. The summed E-state index contributed by atoms with van der Waals surface area (Å²) in [6, 6.07) is 7.95. The third kappa shape index (κ3) is 3.37. The van der Waals surface area contributed by atoms with Gasteiger partial charge >= 0.3 is 0 Å². The average molecular weight is 218 g/mol. The van der Waals surface area contributed by atoms with Crippen molar-refractivity contribution in [1.29, 1.82) is 0 Å². The fraction of sp³-hybridized carbons (Fsp3) is 0.500. The fourth-order valence-corrected chi connectivity index (χ4v) is 1.82. The van der Waals surface area contributed by atoms with Crippen LogP contribution in [0.25, 0.3) is 0 Å². The maximum atomic E-state index is 11.6. The molecule has 2 rings (SSSR count). The first kappa shape index (κ1) is 11.2. The van der Waals surface area contributed by atoms with Crippen molar-refractivity contribution in [3.05, 3.63) is 29.8 Å². The highest BCUT2D eigenvalue weighted by Crippen LogP contribution is 2.32. The second kappa shape index (κ2) is 5.15. The lowest BCUT2D eigenvalue weighted by atomic mass is 10.0. The normalized spacial score (nSPS) is 14.8. The molecule has 0 saturated heterocycles. The molecule has 0 aliphatic heterocycles. The van der Waals surface area contributed by atoms with Crippen molar-refractivity contribution < 1.29 is 9.53 Å². The van der Waals surface area contributed by atoms with E-state index in [2.05, 4.69) is 0 Å². The zero-order chi connectivity index (χ0) is 11.4. The molecule has 0 atom stereocenters. The number of rotatable bonds is 6. The molecule has 0 unspecified atom stereocenters. The van der Waals surface area contributed by atoms with Gasteiger partial charge in [-0.1, -0.05) is 12.1 Å². The number of hydrogen-bond donors (Lipinski definition) is 0. The fourth-order valence-electron chi connectivity index (χ4n) is 1.82. The topological polar surface area (TPSA) is 26.3 Å².